The molecule has 10 aromatic rings. The third-order valence-electron chi connectivity index (χ3n) is 9.76. The van der Waals surface area contributed by atoms with Crippen LogP contribution in [0.4, 0.5) is 0 Å². The van der Waals surface area contributed by atoms with Gasteiger partial charge in [0.05, 0.1) is 0 Å². The van der Waals surface area contributed by atoms with Crippen molar-refractivity contribution in [3.05, 3.63) is 170 Å². The second-order valence-corrected chi connectivity index (χ2v) is 12.7. The van der Waals surface area contributed by atoms with Gasteiger partial charge in [-0.1, -0.05) is 140 Å². The van der Waals surface area contributed by atoms with Crippen molar-refractivity contribution >= 4 is 43.1 Å². The van der Waals surface area contributed by atoms with Gasteiger partial charge in [0.2, 0.25) is 0 Å². The minimum absolute atomic E-state index is 0.625. The first-order chi connectivity index (χ1) is 24.8. The van der Waals surface area contributed by atoms with Gasteiger partial charge in [-0.05, 0) is 78.0 Å². The smallest absolute Gasteiger partial charge is 0.164 e. The van der Waals surface area contributed by atoms with E-state index in [0.29, 0.717) is 17.5 Å². The van der Waals surface area contributed by atoms with Crippen LogP contribution in [0, 0.1) is 0 Å². The molecule has 8 aromatic carbocycles. The summed E-state index contributed by atoms with van der Waals surface area (Å²) in [4.78, 5) is 19.8. The lowest BCUT2D eigenvalue weighted by molar-refractivity contribution is 1.08. The molecular weight excluding hydrogens is 609 g/mol. The maximum Gasteiger partial charge on any atom is 0.164 e. The van der Waals surface area contributed by atoms with E-state index in [2.05, 4.69) is 157 Å². The Balaban J connectivity index is 1.16. The highest BCUT2D eigenvalue weighted by atomic mass is 15.0. The molecule has 232 valence electrons. The number of rotatable bonds is 5. The highest BCUT2D eigenvalue weighted by molar-refractivity contribution is 6.25. The first kappa shape index (κ1) is 28.3. The van der Waals surface area contributed by atoms with Crippen molar-refractivity contribution in [2.45, 2.75) is 0 Å². The number of nitrogens with zero attached hydrogens (tertiary/aromatic N) is 4. The molecular formula is C46H28N4. The van der Waals surface area contributed by atoms with Crippen molar-refractivity contribution in [1.29, 1.82) is 0 Å². The van der Waals surface area contributed by atoms with Gasteiger partial charge >= 0.3 is 0 Å². The number of hydrogen-bond acceptors (Lipinski definition) is 4. The third kappa shape index (κ3) is 4.69. The molecule has 2 aromatic heterocycles. The zero-order valence-electron chi connectivity index (χ0n) is 27.0. The van der Waals surface area contributed by atoms with Gasteiger partial charge < -0.3 is 0 Å². The zero-order chi connectivity index (χ0) is 33.0. The molecule has 4 nitrogen and oxygen atoms in total. The lowest BCUT2D eigenvalue weighted by atomic mass is 9.92. The van der Waals surface area contributed by atoms with E-state index in [1.165, 1.54) is 43.3 Å². The molecule has 0 N–H and O–H groups in total. The van der Waals surface area contributed by atoms with Crippen molar-refractivity contribution in [3.8, 4) is 56.4 Å². The number of pyridine rings is 1. The number of hydrogen-bond donors (Lipinski definition) is 0. The van der Waals surface area contributed by atoms with E-state index in [0.717, 1.165) is 38.8 Å². The van der Waals surface area contributed by atoms with Crippen molar-refractivity contribution in [2.24, 2.45) is 0 Å². The summed E-state index contributed by atoms with van der Waals surface area (Å²) in [6.45, 7) is 0. The molecule has 0 aliphatic heterocycles. The van der Waals surface area contributed by atoms with Crippen LogP contribution < -0.4 is 0 Å². The van der Waals surface area contributed by atoms with Crippen LogP contribution in [0.25, 0.3) is 99.5 Å². The van der Waals surface area contributed by atoms with Gasteiger partial charge in [-0.2, -0.15) is 0 Å². The average molecular weight is 637 g/mol. The standard InChI is InChI=1S/C46H28N4/c1-2-14-38-29(7-1)8-5-15-39(38)30-16-20-34(21-17-30)44-48-45(36-12-4-11-35(27-36)37-13-6-26-47-28-37)50-46(49-44)41-25-23-33-19-18-31-9-3-10-32-22-24-40(41)43(33)42(31)32/h1-28H. The highest BCUT2D eigenvalue weighted by Crippen LogP contribution is 2.39. The molecule has 0 saturated carbocycles. The van der Waals surface area contributed by atoms with E-state index in [9.17, 15) is 0 Å². The fourth-order valence-electron chi connectivity index (χ4n) is 7.33. The van der Waals surface area contributed by atoms with Gasteiger partial charge in [-0.3, -0.25) is 4.98 Å². The first-order valence-electron chi connectivity index (χ1n) is 16.8. The van der Waals surface area contributed by atoms with Crippen LogP contribution in [-0.2, 0) is 0 Å². The summed E-state index contributed by atoms with van der Waals surface area (Å²) in [6, 6.07) is 55.6. The van der Waals surface area contributed by atoms with Gasteiger partial charge in [-0.25, -0.2) is 15.0 Å². The summed E-state index contributed by atoms with van der Waals surface area (Å²) in [7, 11) is 0. The van der Waals surface area contributed by atoms with Crippen LogP contribution in [0.3, 0.4) is 0 Å². The Morgan fingerprint density at radius 1 is 0.320 bits per heavy atom. The van der Waals surface area contributed by atoms with Gasteiger partial charge in [0, 0.05) is 34.6 Å². The van der Waals surface area contributed by atoms with E-state index < -0.39 is 0 Å². The Morgan fingerprint density at radius 3 is 1.78 bits per heavy atom. The molecule has 0 aliphatic rings. The lowest BCUT2D eigenvalue weighted by Crippen LogP contribution is -2.01. The van der Waals surface area contributed by atoms with Gasteiger partial charge in [0.25, 0.3) is 0 Å². The molecule has 4 heteroatoms. The molecule has 0 saturated heterocycles. The van der Waals surface area contributed by atoms with Crippen molar-refractivity contribution in [3.63, 3.8) is 0 Å². The van der Waals surface area contributed by atoms with Crippen molar-refractivity contribution in [1.82, 2.24) is 19.9 Å². The summed E-state index contributed by atoms with van der Waals surface area (Å²) in [5.74, 6) is 1.90. The molecule has 0 aliphatic carbocycles. The van der Waals surface area contributed by atoms with Crippen LogP contribution in [0.1, 0.15) is 0 Å². The maximum atomic E-state index is 5.18. The highest BCUT2D eigenvalue weighted by Gasteiger charge is 2.18. The van der Waals surface area contributed by atoms with Gasteiger partial charge in [0.15, 0.2) is 17.5 Å². The second-order valence-electron chi connectivity index (χ2n) is 12.7. The zero-order valence-corrected chi connectivity index (χ0v) is 27.0. The van der Waals surface area contributed by atoms with Gasteiger partial charge in [-0.15, -0.1) is 0 Å². The van der Waals surface area contributed by atoms with Crippen LogP contribution in [0.15, 0.2) is 170 Å². The Labute approximate surface area is 288 Å². The largest absolute Gasteiger partial charge is 0.264 e. The van der Waals surface area contributed by atoms with Crippen molar-refractivity contribution < 1.29 is 0 Å². The summed E-state index contributed by atoms with van der Waals surface area (Å²) in [5.41, 5.74) is 7.28. The van der Waals surface area contributed by atoms with Crippen LogP contribution in [0.2, 0.25) is 0 Å². The van der Waals surface area contributed by atoms with E-state index in [1.54, 1.807) is 6.20 Å². The molecule has 10 rings (SSSR count). The molecule has 0 unspecified atom stereocenters. The molecule has 0 bridgehead atoms. The summed E-state index contributed by atoms with van der Waals surface area (Å²) in [6.07, 6.45) is 3.67. The monoisotopic (exact) mass is 636 g/mol. The maximum absolute atomic E-state index is 5.18. The molecule has 0 amide bonds. The summed E-state index contributed by atoms with van der Waals surface area (Å²) >= 11 is 0. The Kier molecular flexibility index (Phi) is 6.46. The molecule has 0 atom stereocenters. The Morgan fingerprint density at radius 2 is 0.940 bits per heavy atom. The molecule has 0 radical (unpaired) electrons. The average Bonchev–Trinajstić information content (AvgIpc) is 3.20. The van der Waals surface area contributed by atoms with Gasteiger partial charge in [0.1, 0.15) is 0 Å². The van der Waals surface area contributed by atoms with Crippen LogP contribution in [0.5, 0.6) is 0 Å². The fraction of sp³-hybridized carbons (Fsp3) is 0. The minimum atomic E-state index is 0.625. The van der Waals surface area contributed by atoms with Crippen LogP contribution in [-0.4, -0.2) is 19.9 Å². The summed E-state index contributed by atoms with van der Waals surface area (Å²) < 4.78 is 0. The van der Waals surface area contributed by atoms with E-state index in [1.807, 2.05) is 12.3 Å². The second kappa shape index (κ2) is 11.4. The molecule has 50 heavy (non-hydrogen) atoms. The van der Waals surface area contributed by atoms with E-state index in [4.69, 9.17) is 15.0 Å². The quantitative estimate of drug-likeness (QED) is 0.176. The Bertz CT molecular complexity index is 2840. The molecule has 2 heterocycles. The molecule has 0 fully saturated rings. The SMILES string of the molecule is c1cncc(-c2cccc(-c3nc(-c4ccc(-c5cccc6ccccc56)cc4)nc(-c4ccc5ccc6cccc7ccc4c5c67)n3)c2)c1. The third-order valence-corrected chi connectivity index (χ3v) is 9.76. The lowest BCUT2D eigenvalue weighted by Gasteiger charge is -2.15. The normalized spacial score (nSPS) is 11.6. The Hall–Kier alpha value is -6.78. The number of fused-ring (bicyclic) bond motifs is 1. The van der Waals surface area contributed by atoms with E-state index >= 15 is 0 Å². The summed E-state index contributed by atoms with van der Waals surface area (Å²) in [5, 5.41) is 9.76. The minimum Gasteiger partial charge on any atom is -0.264 e. The van der Waals surface area contributed by atoms with Crippen LogP contribution >= 0.6 is 0 Å². The van der Waals surface area contributed by atoms with Crippen molar-refractivity contribution in [2.75, 3.05) is 0 Å². The predicted octanol–water partition coefficient (Wildman–Crippen LogP) is 11.7. The number of aromatic nitrogens is 4. The van der Waals surface area contributed by atoms with E-state index in [-0.39, 0.29) is 0 Å². The number of benzene rings is 8. The molecule has 0 spiro atoms. The fourth-order valence-corrected chi connectivity index (χ4v) is 7.33. The first-order valence-corrected chi connectivity index (χ1v) is 16.8. The topological polar surface area (TPSA) is 51.6 Å². The predicted molar refractivity (Wildman–Crippen MR) is 206 cm³/mol.